The van der Waals surface area contributed by atoms with Gasteiger partial charge in [-0.1, -0.05) is 41.6 Å². The van der Waals surface area contributed by atoms with Crippen LogP contribution in [0.15, 0.2) is 77.8 Å². The van der Waals surface area contributed by atoms with Gasteiger partial charge in [0.15, 0.2) is 5.65 Å². The average molecular weight is 381 g/mol. The molecule has 0 spiro atoms. The summed E-state index contributed by atoms with van der Waals surface area (Å²) in [5.74, 6) is 0.777. The van der Waals surface area contributed by atoms with Gasteiger partial charge in [-0.2, -0.15) is 0 Å². The minimum atomic E-state index is -0.111. The topological polar surface area (TPSA) is 69.6 Å². The second-order valence-corrected chi connectivity index (χ2v) is 6.99. The van der Waals surface area contributed by atoms with Gasteiger partial charge in [0, 0.05) is 23.5 Å². The Balaban J connectivity index is 1.67. The van der Waals surface area contributed by atoms with Crippen LogP contribution < -0.4 is 0 Å². The minimum absolute atomic E-state index is 0.111. The second kappa shape index (κ2) is 6.98. The summed E-state index contributed by atoms with van der Waals surface area (Å²) in [6.45, 7) is 3.84. The molecule has 0 aliphatic heterocycles. The molecule has 0 aliphatic carbocycles. The van der Waals surface area contributed by atoms with Crippen LogP contribution in [0.2, 0.25) is 0 Å². The molecule has 4 heterocycles. The molecule has 0 saturated heterocycles. The number of nitrogens with zero attached hydrogens (tertiary/aromatic N) is 5. The highest BCUT2D eigenvalue weighted by Gasteiger charge is 2.21. The maximum atomic E-state index is 5.31. The van der Waals surface area contributed by atoms with E-state index in [0.717, 1.165) is 45.0 Å². The molecule has 4 aromatic heterocycles. The lowest BCUT2D eigenvalue weighted by molar-refractivity contribution is 0.393. The molecule has 0 fully saturated rings. The van der Waals surface area contributed by atoms with Crippen molar-refractivity contribution in [3.63, 3.8) is 0 Å². The Morgan fingerprint density at radius 3 is 2.48 bits per heavy atom. The summed E-state index contributed by atoms with van der Waals surface area (Å²) in [5, 5.41) is 4.05. The van der Waals surface area contributed by atoms with Crippen molar-refractivity contribution in [1.29, 1.82) is 0 Å². The van der Waals surface area contributed by atoms with Gasteiger partial charge in [-0.25, -0.2) is 9.97 Å². The summed E-state index contributed by atoms with van der Waals surface area (Å²) >= 11 is 0. The number of aromatic nitrogens is 5. The van der Waals surface area contributed by atoms with Gasteiger partial charge in [0.05, 0.1) is 17.7 Å². The SMILES string of the molecule is Cc1noc(C)c1-c1cnc2c(c1)ncn2C(c1ccccc1)c1ccccn1. The first-order valence-corrected chi connectivity index (χ1v) is 9.44. The van der Waals surface area contributed by atoms with Gasteiger partial charge < -0.3 is 9.09 Å². The Labute approximate surface area is 167 Å². The molecule has 5 aromatic rings. The Morgan fingerprint density at radius 2 is 1.76 bits per heavy atom. The molecule has 5 rings (SSSR count). The molecule has 0 saturated carbocycles. The van der Waals surface area contributed by atoms with E-state index in [1.807, 2.05) is 75.0 Å². The first kappa shape index (κ1) is 17.3. The number of imidazole rings is 1. The first-order valence-electron chi connectivity index (χ1n) is 9.44. The van der Waals surface area contributed by atoms with Crippen molar-refractivity contribution in [3.05, 3.63) is 96.0 Å². The van der Waals surface area contributed by atoms with E-state index in [9.17, 15) is 0 Å². The smallest absolute Gasteiger partial charge is 0.160 e. The van der Waals surface area contributed by atoms with Crippen molar-refractivity contribution in [3.8, 4) is 11.1 Å². The second-order valence-electron chi connectivity index (χ2n) is 6.99. The number of fused-ring (bicyclic) bond motifs is 1. The van der Waals surface area contributed by atoms with Gasteiger partial charge in [0.25, 0.3) is 0 Å². The summed E-state index contributed by atoms with van der Waals surface area (Å²) in [7, 11) is 0. The summed E-state index contributed by atoms with van der Waals surface area (Å²) in [6, 6.07) is 18.2. The third-order valence-electron chi connectivity index (χ3n) is 5.10. The summed E-state index contributed by atoms with van der Waals surface area (Å²) in [6.07, 6.45) is 5.50. The lowest BCUT2D eigenvalue weighted by Crippen LogP contribution is -2.13. The molecular formula is C23H19N5O. The van der Waals surface area contributed by atoms with Gasteiger partial charge in [0.2, 0.25) is 0 Å². The van der Waals surface area contributed by atoms with E-state index in [4.69, 9.17) is 9.51 Å². The molecule has 1 aromatic carbocycles. The Morgan fingerprint density at radius 1 is 0.931 bits per heavy atom. The lowest BCUT2D eigenvalue weighted by Gasteiger charge is -2.19. The minimum Gasteiger partial charge on any atom is -0.361 e. The molecule has 1 unspecified atom stereocenters. The highest BCUT2D eigenvalue weighted by atomic mass is 16.5. The number of hydrogen-bond donors (Lipinski definition) is 0. The van der Waals surface area contributed by atoms with Crippen LogP contribution >= 0.6 is 0 Å². The highest BCUT2D eigenvalue weighted by Crippen LogP contribution is 2.31. The van der Waals surface area contributed by atoms with Crippen molar-refractivity contribution < 1.29 is 4.52 Å². The van der Waals surface area contributed by atoms with E-state index in [2.05, 4.69) is 31.8 Å². The molecule has 1 atom stereocenters. The Hall–Kier alpha value is -3.80. The van der Waals surface area contributed by atoms with Crippen LogP contribution in [0, 0.1) is 13.8 Å². The third kappa shape index (κ3) is 2.99. The standard InChI is InChI=1S/C23H19N5O/c1-15-21(16(2)29-27-15)18-12-20-23(25-13-18)28(14-26-20)22(17-8-4-3-5-9-17)19-10-6-7-11-24-19/h3-14,22H,1-2H3. The van der Waals surface area contributed by atoms with Crippen molar-refractivity contribution in [1.82, 2.24) is 24.7 Å². The highest BCUT2D eigenvalue weighted by molar-refractivity contribution is 5.79. The number of rotatable bonds is 4. The maximum absolute atomic E-state index is 5.31. The summed E-state index contributed by atoms with van der Waals surface area (Å²) in [4.78, 5) is 14.0. The molecule has 0 N–H and O–H groups in total. The van der Waals surface area contributed by atoms with E-state index in [1.54, 1.807) is 0 Å². The first-order chi connectivity index (χ1) is 14.2. The number of pyridine rings is 2. The number of hydrogen-bond acceptors (Lipinski definition) is 5. The largest absolute Gasteiger partial charge is 0.361 e. The Kier molecular flexibility index (Phi) is 4.17. The van der Waals surface area contributed by atoms with Crippen LogP contribution in [0.1, 0.15) is 28.8 Å². The van der Waals surface area contributed by atoms with Gasteiger partial charge in [-0.15, -0.1) is 0 Å². The van der Waals surface area contributed by atoms with Gasteiger partial charge in [-0.05, 0) is 37.6 Å². The van der Waals surface area contributed by atoms with Gasteiger partial charge in [0.1, 0.15) is 17.3 Å². The maximum Gasteiger partial charge on any atom is 0.160 e. The lowest BCUT2D eigenvalue weighted by atomic mass is 10.0. The van der Waals surface area contributed by atoms with E-state index >= 15 is 0 Å². The zero-order valence-electron chi connectivity index (χ0n) is 16.1. The van der Waals surface area contributed by atoms with Crippen LogP contribution in [0.25, 0.3) is 22.3 Å². The fraction of sp³-hybridized carbons (Fsp3) is 0.130. The van der Waals surface area contributed by atoms with Crippen molar-refractivity contribution >= 4 is 11.2 Å². The predicted octanol–water partition coefficient (Wildman–Crippen LogP) is 4.74. The molecule has 142 valence electrons. The van der Waals surface area contributed by atoms with Crippen molar-refractivity contribution in [2.75, 3.05) is 0 Å². The molecule has 0 aliphatic rings. The summed E-state index contributed by atoms with van der Waals surface area (Å²) in [5.41, 5.74) is 6.46. The molecule has 6 heteroatoms. The van der Waals surface area contributed by atoms with E-state index < -0.39 is 0 Å². The molecule has 0 radical (unpaired) electrons. The molecular weight excluding hydrogens is 362 g/mol. The van der Waals surface area contributed by atoms with Crippen molar-refractivity contribution in [2.45, 2.75) is 19.9 Å². The number of aryl methyl sites for hydroxylation is 2. The molecule has 6 nitrogen and oxygen atoms in total. The van der Waals surface area contributed by atoms with E-state index in [-0.39, 0.29) is 6.04 Å². The monoisotopic (exact) mass is 381 g/mol. The molecule has 29 heavy (non-hydrogen) atoms. The molecule has 0 amide bonds. The average Bonchev–Trinajstić information content (AvgIpc) is 3.32. The zero-order chi connectivity index (χ0) is 19.8. The number of benzene rings is 1. The van der Waals surface area contributed by atoms with Gasteiger partial charge >= 0.3 is 0 Å². The van der Waals surface area contributed by atoms with Crippen LogP contribution in [-0.2, 0) is 0 Å². The fourth-order valence-corrected chi connectivity index (χ4v) is 3.79. The van der Waals surface area contributed by atoms with Crippen molar-refractivity contribution in [2.24, 2.45) is 0 Å². The van der Waals surface area contributed by atoms with Crippen LogP contribution in [0.5, 0.6) is 0 Å². The van der Waals surface area contributed by atoms with Crippen LogP contribution in [0.4, 0.5) is 0 Å². The third-order valence-corrected chi connectivity index (χ3v) is 5.10. The fourth-order valence-electron chi connectivity index (χ4n) is 3.79. The summed E-state index contributed by atoms with van der Waals surface area (Å²) < 4.78 is 7.38. The molecule has 0 bridgehead atoms. The van der Waals surface area contributed by atoms with E-state index in [1.165, 1.54) is 0 Å². The quantitative estimate of drug-likeness (QED) is 0.450. The zero-order valence-corrected chi connectivity index (χ0v) is 16.1. The van der Waals surface area contributed by atoms with Gasteiger partial charge in [-0.3, -0.25) is 4.98 Å². The van der Waals surface area contributed by atoms with E-state index in [0.29, 0.717) is 0 Å². The Bertz CT molecular complexity index is 1220. The predicted molar refractivity (Wildman–Crippen MR) is 110 cm³/mol. The van der Waals surface area contributed by atoms with Crippen LogP contribution in [0.3, 0.4) is 0 Å². The van der Waals surface area contributed by atoms with Crippen LogP contribution in [-0.4, -0.2) is 24.7 Å². The normalized spacial score (nSPS) is 12.3.